The fourth-order valence-corrected chi connectivity index (χ4v) is 2.48. The molecular weight excluding hydrogens is 335 g/mol. The van der Waals surface area contributed by atoms with E-state index in [1.54, 1.807) is 12.1 Å². The average molecular weight is 342 g/mol. The highest BCUT2D eigenvalue weighted by atomic mass is 79.9. The van der Waals surface area contributed by atoms with Crippen LogP contribution in [0.1, 0.15) is 17.3 Å². The van der Waals surface area contributed by atoms with Crippen LogP contribution in [0.5, 0.6) is 5.75 Å². The molecule has 0 radical (unpaired) electrons. The molecule has 0 N–H and O–H groups in total. The quantitative estimate of drug-likeness (QED) is 0.777. The van der Waals surface area contributed by atoms with Gasteiger partial charge in [-0.3, -0.25) is 4.79 Å². The summed E-state index contributed by atoms with van der Waals surface area (Å²) in [7, 11) is 0. The third kappa shape index (κ3) is 2.72. The second-order valence-electron chi connectivity index (χ2n) is 2.47. The van der Waals surface area contributed by atoms with E-state index >= 15 is 0 Å². The van der Waals surface area contributed by atoms with E-state index in [2.05, 4.69) is 31.9 Å². The van der Waals surface area contributed by atoms with E-state index in [1.165, 1.54) is 0 Å². The maximum absolute atomic E-state index is 11.1. The summed E-state index contributed by atoms with van der Waals surface area (Å²) in [5.41, 5.74) is 0.356. The Kier molecular flexibility index (Phi) is 4.41. The minimum atomic E-state index is -0.532. The minimum absolute atomic E-state index is 0.356. The molecule has 1 aromatic rings. The monoisotopic (exact) mass is 340 g/mol. The van der Waals surface area contributed by atoms with Crippen LogP contribution in [0.3, 0.4) is 0 Å². The van der Waals surface area contributed by atoms with Gasteiger partial charge in [0.05, 0.1) is 16.6 Å². The van der Waals surface area contributed by atoms with Crippen molar-refractivity contribution in [2.45, 2.75) is 6.92 Å². The molecule has 0 aromatic heterocycles. The normalized spacial score (nSPS) is 10.0. The van der Waals surface area contributed by atoms with Gasteiger partial charge in [-0.15, -0.1) is 0 Å². The molecule has 0 bridgehead atoms. The van der Waals surface area contributed by atoms with Crippen molar-refractivity contribution in [1.82, 2.24) is 0 Å². The van der Waals surface area contributed by atoms with Crippen molar-refractivity contribution >= 4 is 48.7 Å². The van der Waals surface area contributed by atoms with E-state index in [4.69, 9.17) is 16.3 Å². The molecule has 0 aliphatic carbocycles. The van der Waals surface area contributed by atoms with Crippen LogP contribution in [0.25, 0.3) is 0 Å². The predicted octanol–water partition coefficient (Wildman–Crippen LogP) is 3.99. The molecule has 0 fully saturated rings. The van der Waals surface area contributed by atoms with Crippen molar-refractivity contribution in [3.8, 4) is 5.75 Å². The van der Waals surface area contributed by atoms with Crippen molar-refractivity contribution in [2.75, 3.05) is 6.61 Å². The standard InChI is InChI=1S/C9H7Br2ClO2/c1-2-14-8-6(9(12)13)3-5(10)4-7(8)11/h3-4H,2H2,1H3. The molecule has 5 heteroatoms. The Hall–Kier alpha value is -0.0600. The number of hydrogen-bond acceptors (Lipinski definition) is 2. The SMILES string of the molecule is CCOc1c(Br)cc(Br)cc1C(=O)Cl. The molecule has 0 amide bonds. The Morgan fingerprint density at radius 2 is 2.14 bits per heavy atom. The molecule has 0 saturated carbocycles. The van der Waals surface area contributed by atoms with Crippen LogP contribution in [0, 0.1) is 0 Å². The van der Waals surface area contributed by atoms with Crippen LogP contribution >= 0.6 is 43.5 Å². The van der Waals surface area contributed by atoms with Crippen molar-refractivity contribution in [2.24, 2.45) is 0 Å². The van der Waals surface area contributed by atoms with Gasteiger partial charge in [-0.1, -0.05) is 15.9 Å². The second-order valence-corrected chi connectivity index (χ2v) is 4.58. The summed E-state index contributed by atoms with van der Waals surface area (Å²) in [6, 6.07) is 3.43. The summed E-state index contributed by atoms with van der Waals surface area (Å²) in [4.78, 5) is 11.1. The van der Waals surface area contributed by atoms with Crippen LogP contribution < -0.4 is 4.74 Å². The molecule has 0 spiro atoms. The van der Waals surface area contributed by atoms with Gasteiger partial charge in [0.25, 0.3) is 5.24 Å². The van der Waals surface area contributed by atoms with Crippen molar-refractivity contribution < 1.29 is 9.53 Å². The number of hydrogen-bond donors (Lipinski definition) is 0. The zero-order chi connectivity index (χ0) is 10.7. The molecule has 0 aliphatic rings. The second kappa shape index (κ2) is 5.14. The Morgan fingerprint density at radius 1 is 1.50 bits per heavy atom. The van der Waals surface area contributed by atoms with Gasteiger partial charge in [0.1, 0.15) is 5.75 Å². The topological polar surface area (TPSA) is 26.3 Å². The molecular formula is C9H7Br2ClO2. The highest BCUT2D eigenvalue weighted by Gasteiger charge is 2.14. The van der Waals surface area contributed by atoms with Crippen LogP contribution in [0.4, 0.5) is 0 Å². The predicted molar refractivity (Wildman–Crippen MR) is 63.2 cm³/mol. The van der Waals surface area contributed by atoms with Crippen LogP contribution in [0.2, 0.25) is 0 Å². The van der Waals surface area contributed by atoms with E-state index in [0.717, 1.165) is 4.47 Å². The summed E-state index contributed by atoms with van der Waals surface area (Å²) in [5.74, 6) is 0.482. The first-order valence-corrected chi connectivity index (χ1v) is 5.84. The summed E-state index contributed by atoms with van der Waals surface area (Å²) >= 11 is 12.0. The van der Waals surface area contributed by atoms with Gasteiger partial charge in [0.2, 0.25) is 0 Å². The van der Waals surface area contributed by atoms with Crippen LogP contribution in [-0.4, -0.2) is 11.8 Å². The van der Waals surface area contributed by atoms with Crippen LogP contribution in [-0.2, 0) is 0 Å². The fourth-order valence-electron chi connectivity index (χ4n) is 0.997. The highest BCUT2D eigenvalue weighted by Crippen LogP contribution is 2.33. The van der Waals surface area contributed by atoms with Crippen LogP contribution in [0.15, 0.2) is 21.1 Å². The minimum Gasteiger partial charge on any atom is -0.492 e. The van der Waals surface area contributed by atoms with Gasteiger partial charge in [-0.2, -0.15) is 0 Å². The van der Waals surface area contributed by atoms with Gasteiger partial charge in [-0.05, 0) is 46.6 Å². The van der Waals surface area contributed by atoms with Crippen molar-refractivity contribution in [3.63, 3.8) is 0 Å². The lowest BCUT2D eigenvalue weighted by molar-refractivity contribution is 0.107. The summed E-state index contributed by atoms with van der Waals surface area (Å²) in [5, 5.41) is -0.532. The fraction of sp³-hybridized carbons (Fsp3) is 0.222. The molecule has 0 heterocycles. The summed E-state index contributed by atoms with van der Waals surface area (Å²) in [6.07, 6.45) is 0. The van der Waals surface area contributed by atoms with Gasteiger partial charge in [0.15, 0.2) is 0 Å². The van der Waals surface area contributed by atoms with E-state index in [1.807, 2.05) is 6.92 Å². The van der Waals surface area contributed by atoms with Gasteiger partial charge in [0, 0.05) is 4.47 Å². The Morgan fingerprint density at radius 3 is 2.64 bits per heavy atom. The largest absolute Gasteiger partial charge is 0.492 e. The van der Waals surface area contributed by atoms with E-state index in [0.29, 0.717) is 22.4 Å². The lowest BCUT2D eigenvalue weighted by Gasteiger charge is -2.09. The van der Waals surface area contributed by atoms with Gasteiger partial charge < -0.3 is 4.74 Å². The molecule has 14 heavy (non-hydrogen) atoms. The maximum atomic E-state index is 11.1. The number of ether oxygens (including phenoxy) is 1. The molecule has 1 rings (SSSR count). The molecule has 0 unspecified atom stereocenters. The third-order valence-electron chi connectivity index (χ3n) is 1.51. The van der Waals surface area contributed by atoms with Gasteiger partial charge in [-0.25, -0.2) is 0 Å². The number of rotatable bonds is 3. The lowest BCUT2D eigenvalue weighted by atomic mass is 10.2. The highest BCUT2D eigenvalue weighted by molar-refractivity contribution is 9.11. The molecule has 0 atom stereocenters. The first-order valence-electron chi connectivity index (χ1n) is 3.88. The smallest absolute Gasteiger partial charge is 0.256 e. The van der Waals surface area contributed by atoms with E-state index in [-0.39, 0.29) is 0 Å². The van der Waals surface area contributed by atoms with E-state index < -0.39 is 5.24 Å². The van der Waals surface area contributed by atoms with Gasteiger partial charge >= 0.3 is 0 Å². The number of halogens is 3. The maximum Gasteiger partial charge on any atom is 0.256 e. The van der Waals surface area contributed by atoms with Crippen molar-refractivity contribution in [3.05, 3.63) is 26.6 Å². The van der Waals surface area contributed by atoms with E-state index in [9.17, 15) is 4.79 Å². The molecule has 1 aromatic carbocycles. The zero-order valence-corrected chi connectivity index (χ0v) is 11.2. The average Bonchev–Trinajstić information content (AvgIpc) is 2.09. The number of benzene rings is 1. The first-order chi connectivity index (χ1) is 6.56. The Labute approximate surface area is 104 Å². The molecule has 76 valence electrons. The number of carbonyl (C=O) groups is 1. The molecule has 0 saturated heterocycles. The first kappa shape index (κ1) is 12.0. The third-order valence-corrected chi connectivity index (χ3v) is 2.76. The van der Waals surface area contributed by atoms with Crippen molar-refractivity contribution in [1.29, 1.82) is 0 Å². The summed E-state index contributed by atoms with van der Waals surface area (Å²) < 4.78 is 6.79. The zero-order valence-electron chi connectivity index (χ0n) is 7.31. The lowest BCUT2D eigenvalue weighted by Crippen LogP contribution is -2.00. The Balaban J connectivity index is 3.28. The molecule has 0 aliphatic heterocycles. The molecule has 2 nitrogen and oxygen atoms in total. The summed E-state index contributed by atoms with van der Waals surface area (Å²) in [6.45, 7) is 2.33. The Bertz CT molecular complexity index is 366. The number of carbonyl (C=O) groups excluding carboxylic acids is 1.